The first kappa shape index (κ1) is 20.5. The van der Waals surface area contributed by atoms with Gasteiger partial charge in [-0.1, -0.05) is 44.2 Å². The van der Waals surface area contributed by atoms with Gasteiger partial charge in [0.1, 0.15) is 5.75 Å². The summed E-state index contributed by atoms with van der Waals surface area (Å²) in [7, 11) is 1.37. The van der Waals surface area contributed by atoms with E-state index < -0.39 is 0 Å². The van der Waals surface area contributed by atoms with E-state index >= 15 is 0 Å². The number of ether oxygens (including phenoxy) is 2. The van der Waals surface area contributed by atoms with Crippen molar-refractivity contribution in [3.63, 3.8) is 0 Å². The van der Waals surface area contributed by atoms with Gasteiger partial charge in [-0.25, -0.2) is 0 Å². The van der Waals surface area contributed by atoms with Crippen LogP contribution in [0.25, 0.3) is 0 Å². The molecule has 2 rings (SSSR count). The minimum Gasteiger partial charge on any atom is -0.469 e. The number of anilines is 1. The van der Waals surface area contributed by atoms with Crippen LogP contribution in [0.4, 0.5) is 5.69 Å². The number of benzene rings is 2. The normalized spacial score (nSPS) is 11.7. The number of para-hydroxylation sites is 3. The average Bonchev–Trinajstić information content (AvgIpc) is 2.69. The number of rotatable bonds is 9. The van der Waals surface area contributed by atoms with Gasteiger partial charge in [-0.15, -0.1) is 0 Å². The van der Waals surface area contributed by atoms with Crippen LogP contribution < -0.4 is 10.1 Å². The maximum atomic E-state index is 12.5. The van der Waals surface area contributed by atoms with Gasteiger partial charge in [-0.05, 0) is 30.8 Å². The number of carbonyl (C=O) groups is 2. The first-order valence-corrected chi connectivity index (χ1v) is 8.95. The molecule has 0 spiro atoms. The SMILES string of the molecule is CCN(CC(=O)Nc1ccccc1Oc1ccccc1)CC(C)C(=O)OC. The fourth-order valence-electron chi connectivity index (χ4n) is 2.64. The molecule has 1 N–H and O–H groups in total. The van der Waals surface area contributed by atoms with E-state index in [2.05, 4.69) is 5.32 Å². The predicted octanol–water partition coefficient (Wildman–Crippen LogP) is 3.55. The molecule has 2 aromatic rings. The smallest absolute Gasteiger partial charge is 0.309 e. The molecule has 0 aliphatic carbocycles. The number of hydrogen-bond acceptors (Lipinski definition) is 5. The van der Waals surface area contributed by atoms with Crippen LogP contribution in [0.5, 0.6) is 11.5 Å². The van der Waals surface area contributed by atoms with Crippen molar-refractivity contribution in [3.05, 3.63) is 54.6 Å². The summed E-state index contributed by atoms with van der Waals surface area (Å²) in [4.78, 5) is 26.0. The molecule has 6 heteroatoms. The van der Waals surface area contributed by atoms with E-state index in [4.69, 9.17) is 9.47 Å². The Morgan fingerprint density at radius 2 is 1.74 bits per heavy atom. The lowest BCUT2D eigenvalue weighted by Crippen LogP contribution is -2.38. The van der Waals surface area contributed by atoms with Gasteiger partial charge in [0.2, 0.25) is 5.91 Å². The first-order chi connectivity index (χ1) is 13.0. The van der Waals surface area contributed by atoms with Gasteiger partial charge in [0.25, 0.3) is 0 Å². The Morgan fingerprint density at radius 1 is 1.07 bits per heavy atom. The second kappa shape index (κ2) is 10.3. The number of carbonyl (C=O) groups excluding carboxylic acids is 2. The Balaban J connectivity index is 1.99. The van der Waals surface area contributed by atoms with Crippen molar-refractivity contribution in [2.24, 2.45) is 5.92 Å². The van der Waals surface area contributed by atoms with Crippen LogP contribution in [0.3, 0.4) is 0 Å². The van der Waals surface area contributed by atoms with Crippen molar-refractivity contribution >= 4 is 17.6 Å². The van der Waals surface area contributed by atoms with Crippen LogP contribution in [0.15, 0.2) is 54.6 Å². The number of nitrogens with zero attached hydrogens (tertiary/aromatic N) is 1. The predicted molar refractivity (Wildman–Crippen MR) is 105 cm³/mol. The number of amides is 1. The molecule has 27 heavy (non-hydrogen) atoms. The number of nitrogens with one attached hydrogen (secondary N) is 1. The zero-order valence-corrected chi connectivity index (χ0v) is 16.0. The van der Waals surface area contributed by atoms with Gasteiger partial charge in [0.05, 0.1) is 25.3 Å². The van der Waals surface area contributed by atoms with E-state index in [0.717, 1.165) is 0 Å². The molecule has 0 fully saturated rings. The van der Waals surface area contributed by atoms with Crippen molar-refractivity contribution in [1.82, 2.24) is 4.90 Å². The molecule has 6 nitrogen and oxygen atoms in total. The maximum Gasteiger partial charge on any atom is 0.309 e. The second-order valence-electron chi connectivity index (χ2n) is 6.21. The molecule has 0 aromatic heterocycles. The van der Waals surface area contributed by atoms with E-state index in [-0.39, 0.29) is 24.3 Å². The minimum absolute atomic E-state index is 0.168. The molecule has 0 radical (unpaired) electrons. The van der Waals surface area contributed by atoms with Gasteiger partial charge < -0.3 is 14.8 Å². The molecule has 0 bridgehead atoms. The summed E-state index contributed by atoms with van der Waals surface area (Å²) in [6, 6.07) is 16.7. The third-order valence-electron chi connectivity index (χ3n) is 4.08. The lowest BCUT2D eigenvalue weighted by molar-refractivity contribution is -0.145. The van der Waals surface area contributed by atoms with E-state index in [1.165, 1.54) is 7.11 Å². The highest BCUT2D eigenvalue weighted by Gasteiger charge is 2.19. The Bertz CT molecular complexity index is 749. The Kier molecular flexibility index (Phi) is 7.82. The molecule has 1 amide bonds. The molecule has 2 aromatic carbocycles. The Morgan fingerprint density at radius 3 is 2.41 bits per heavy atom. The number of hydrogen-bond donors (Lipinski definition) is 1. The number of likely N-dealkylation sites (N-methyl/N-ethyl adjacent to an activating group) is 1. The molecule has 144 valence electrons. The van der Waals surface area contributed by atoms with Crippen molar-refractivity contribution in [3.8, 4) is 11.5 Å². The van der Waals surface area contributed by atoms with E-state index in [0.29, 0.717) is 30.3 Å². The average molecular weight is 370 g/mol. The summed E-state index contributed by atoms with van der Waals surface area (Å²) < 4.78 is 10.6. The lowest BCUT2D eigenvalue weighted by atomic mass is 10.1. The summed E-state index contributed by atoms with van der Waals surface area (Å²) in [6.07, 6.45) is 0. The van der Waals surface area contributed by atoms with Crippen molar-refractivity contribution in [2.45, 2.75) is 13.8 Å². The first-order valence-electron chi connectivity index (χ1n) is 8.95. The highest BCUT2D eigenvalue weighted by Crippen LogP contribution is 2.29. The molecule has 0 heterocycles. The summed E-state index contributed by atoms with van der Waals surface area (Å²) in [5.74, 6) is 0.522. The topological polar surface area (TPSA) is 67.9 Å². The quantitative estimate of drug-likeness (QED) is 0.684. The summed E-state index contributed by atoms with van der Waals surface area (Å²) in [5.41, 5.74) is 0.600. The number of esters is 1. The van der Waals surface area contributed by atoms with Crippen molar-refractivity contribution in [1.29, 1.82) is 0 Å². The van der Waals surface area contributed by atoms with Gasteiger partial charge in [-0.3, -0.25) is 14.5 Å². The van der Waals surface area contributed by atoms with Gasteiger partial charge in [0.15, 0.2) is 5.75 Å². The van der Waals surface area contributed by atoms with E-state index in [1.54, 1.807) is 19.1 Å². The monoisotopic (exact) mass is 370 g/mol. The fraction of sp³-hybridized carbons (Fsp3) is 0.333. The Labute approximate surface area is 160 Å². The molecule has 1 atom stereocenters. The van der Waals surface area contributed by atoms with Crippen molar-refractivity contribution < 1.29 is 19.1 Å². The van der Waals surface area contributed by atoms with Crippen LogP contribution in [-0.2, 0) is 14.3 Å². The summed E-state index contributed by atoms with van der Waals surface area (Å²) >= 11 is 0. The standard InChI is InChI=1S/C21H26N2O4/c1-4-23(14-16(2)21(25)26-3)15-20(24)22-18-12-8-9-13-19(18)27-17-10-6-5-7-11-17/h5-13,16H,4,14-15H2,1-3H3,(H,22,24). The highest BCUT2D eigenvalue weighted by molar-refractivity contribution is 5.93. The molecule has 0 saturated heterocycles. The largest absolute Gasteiger partial charge is 0.469 e. The van der Waals surface area contributed by atoms with Crippen LogP contribution >= 0.6 is 0 Å². The van der Waals surface area contributed by atoms with Gasteiger partial charge in [0, 0.05) is 6.54 Å². The van der Waals surface area contributed by atoms with Crippen LogP contribution in [-0.4, -0.2) is 43.5 Å². The van der Waals surface area contributed by atoms with Crippen LogP contribution in [0.2, 0.25) is 0 Å². The molecular weight excluding hydrogens is 344 g/mol. The summed E-state index contributed by atoms with van der Waals surface area (Å²) in [5, 5.41) is 2.89. The maximum absolute atomic E-state index is 12.5. The molecular formula is C21H26N2O4. The highest BCUT2D eigenvalue weighted by atomic mass is 16.5. The van der Waals surface area contributed by atoms with E-state index in [9.17, 15) is 9.59 Å². The zero-order valence-electron chi connectivity index (χ0n) is 16.0. The third-order valence-corrected chi connectivity index (χ3v) is 4.08. The Hall–Kier alpha value is -2.86. The van der Waals surface area contributed by atoms with Gasteiger partial charge in [-0.2, -0.15) is 0 Å². The molecule has 0 aliphatic heterocycles. The van der Waals surface area contributed by atoms with Gasteiger partial charge >= 0.3 is 5.97 Å². The second-order valence-corrected chi connectivity index (χ2v) is 6.21. The molecule has 0 aliphatic rings. The zero-order chi connectivity index (χ0) is 19.6. The molecule has 1 unspecified atom stereocenters. The minimum atomic E-state index is -0.295. The van der Waals surface area contributed by atoms with Crippen LogP contribution in [0.1, 0.15) is 13.8 Å². The number of methoxy groups -OCH3 is 1. The third kappa shape index (κ3) is 6.42. The van der Waals surface area contributed by atoms with E-state index in [1.807, 2.05) is 54.3 Å². The van der Waals surface area contributed by atoms with Crippen molar-refractivity contribution in [2.75, 3.05) is 32.1 Å². The fourth-order valence-corrected chi connectivity index (χ4v) is 2.64. The lowest BCUT2D eigenvalue weighted by Gasteiger charge is -2.22. The summed E-state index contributed by atoms with van der Waals surface area (Å²) in [6.45, 7) is 5.02. The molecule has 0 saturated carbocycles. The van der Waals surface area contributed by atoms with Crippen LogP contribution in [0, 0.1) is 5.92 Å².